The van der Waals surface area contributed by atoms with Crippen molar-refractivity contribution in [3.05, 3.63) is 36.4 Å². The molecule has 7 rings (SSSR count). The number of carbonyl (C=O) groups excluding carboxylic acids is 2. The van der Waals surface area contributed by atoms with Gasteiger partial charge in [0, 0.05) is 27.8 Å². The Morgan fingerprint density at radius 3 is 0.556 bits per heavy atom. The fraction of sp³-hybridized carbons (Fsp3) is 0.826. The summed E-state index contributed by atoms with van der Waals surface area (Å²) in [5, 5.41) is 17.8. The molecule has 4 nitrogen and oxygen atoms in total. The van der Waals surface area contributed by atoms with Crippen molar-refractivity contribution < 1.29 is 64.6 Å². The second-order valence-corrected chi connectivity index (χ2v) is 24.0. The fourth-order valence-corrected chi connectivity index (χ4v) is 21.4. The predicted molar refractivity (Wildman–Crippen MR) is 226 cm³/mol. The summed E-state index contributed by atoms with van der Waals surface area (Å²) in [7, 11) is -0.0930. The fourth-order valence-electron chi connectivity index (χ4n) is 11.0. The Kier molecular flexibility index (Phi) is 32.4. The van der Waals surface area contributed by atoms with E-state index in [9.17, 15) is 0 Å². The molecule has 1 aromatic rings. The molecular formula is C46H80Au2O4P2+2. The first-order valence-electron chi connectivity index (χ1n) is 22.4. The van der Waals surface area contributed by atoms with Crippen LogP contribution in [0.25, 0.3) is 0 Å². The van der Waals surface area contributed by atoms with Crippen LogP contribution in [-0.4, -0.2) is 45.9 Å². The van der Waals surface area contributed by atoms with Gasteiger partial charge in [-0.15, -0.1) is 0 Å². The number of hydrogen-bond acceptors (Lipinski definition) is 4. The van der Waals surface area contributed by atoms with Gasteiger partial charge in [0.1, 0.15) is 0 Å². The van der Waals surface area contributed by atoms with Gasteiger partial charge in [-0.2, -0.15) is 0 Å². The van der Waals surface area contributed by atoms with Crippen molar-refractivity contribution in [2.24, 2.45) is 0 Å². The Hall–Kier alpha value is 0.501. The molecule has 0 heterocycles. The third-order valence-corrected chi connectivity index (χ3v) is 22.2. The molecule has 8 heteroatoms. The normalized spacial score (nSPS) is 22.1. The minimum absolute atomic E-state index is 0. The molecule has 1 aromatic carbocycles. The summed E-state index contributed by atoms with van der Waals surface area (Å²) in [5.74, 6) is -2.17. The molecule has 0 bridgehead atoms. The van der Waals surface area contributed by atoms with Crippen LogP contribution in [-0.2, 0) is 54.3 Å². The van der Waals surface area contributed by atoms with E-state index >= 15 is 0 Å². The molecule has 6 aliphatic rings. The molecule has 0 amide bonds. The van der Waals surface area contributed by atoms with E-state index in [2.05, 4.69) is 0 Å². The van der Waals surface area contributed by atoms with Crippen molar-refractivity contribution in [3.63, 3.8) is 0 Å². The third kappa shape index (κ3) is 22.6. The minimum Gasteiger partial charge on any atom is -0.550 e. The third-order valence-electron chi connectivity index (χ3n) is 13.1. The summed E-state index contributed by atoms with van der Waals surface area (Å²) in [6.07, 6.45) is 47.6. The van der Waals surface area contributed by atoms with Crippen LogP contribution < -0.4 is 10.2 Å². The topological polar surface area (TPSA) is 80.3 Å². The maximum Gasteiger partial charge on any atom is 1.00 e. The monoisotopic (exact) mass is 1150 g/mol. The minimum atomic E-state index is -1.08. The maximum absolute atomic E-state index is 8.89. The largest absolute Gasteiger partial charge is 1.00 e. The van der Waals surface area contributed by atoms with Gasteiger partial charge in [-0.05, 0) is 168 Å². The second-order valence-electron chi connectivity index (χ2n) is 17.1. The Morgan fingerprint density at radius 1 is 0.333 bits per heavy atom. The van der Waals surface area contributed by atoms with Crippen molar-refractivity contribution >= 4 is 27.8 Å². The SMILES string of the molecule is C1CCC([PH+](C2CCCCC2)C2CCCCC2)CC1.C1CCC([PH+](C2CCCCC2)C2CCCCC2)CC1.CC(=O)[O-].CC(=O)[O-].[Au+].[Au+].c1ccccc1. The zero-order valence-corrected chi connectivity index (χ0v) is 40.7. The summed E-state index contributed by atoms with van der Waals surface area (Å²) in [6, 6.07) is 12.0. The van der Waals surface area contributed by atoms with E-state index < -0.39 is 11.9 Å². The Bertz CT molecular complexity index is 827. The van der Waals surface area contributed by atoms with Crippen LogP contribution in [0, 0.1) is 0 Å². The first kappa shape index (κ1) is 52.5. The summed E-state index contributed by atoms with van der Waals surface area (Å²) >= 11 is 0. The molecule has 0 aromatic heterocycles. The van der Waals surface area contributed by atoms with Crippen LogP contribution in [0.3, 0.4) is 0 Å². The number of carbonyl (C=O) groups is 2. The molecule has 54 heavy (non-hydrogen) atoms. The quantitative estimate of drug-likeness (QED) is 0.210. The molecule has 0 spiro atoms. The molecule has 318 valence electrons. The van der Waals surface area contributed by atoms with E-state index in [0.717, 1.165) is 13.8 Å². The van der Waals surface area contributed by atoms with Crippen LogP contribution in [0.4, 0.5) is 0 Å². The molecular weight excluding hydrogens is 1070 g/mol. The molecule has 0 unspecified atom stereocenters. The van der Waals surface area contributed by atoms with Crippen LogP contribution in [0.5, 0.6) is 0 Å². The average molecular weight is 1150 g/mol. The summed E-state index contributed by atoms with van der Waals surface area (Å²) in [6.45, 7) is 1.94. The molecule has 0 N–H and O–H groups in total. The molecule has 6 fully saturated rings. The van der Waals surface area contributed by atoms with Gasteiger partial charge in [-0.25, -0.2) is 0 Å². The molecule has 0 radical (unpaired) electrons. The van der Waals surface area contributed by atoms with Crippen molar-refractivity contribution in [3.8, 4) is 0 Å². The number of hydrogen-bond donors (Lipinski definition) is 0. The summed E-state index contributed by atoms with van der Waals surface area (Å²) in [4.78, 5) is 17.8. The number of rotatable bonds is 6. The molecule has 0 atom stereocenters. The van der Waals surface area contributed by atoms with Gasteiger partial charge >= 0.3 is 44.8 Å². The van der Waals surface area contributed by atoms with Crippen molar-refractivity contribution in [1.29, 1.82) is 0 Å². The first-order chi connectivity index (χ1) is 25.4. The summed E-state index contributed by atoms with van der Waals surface area (Å²) < 4.78 is 0. The zero-order valence-electron chi connectivity index (χ0n) is 34.4. The number of carboxylic acids is 2. The van der Waals surface area contributed by atoms with E-state index in [-0.39, 0.29) is 60.6 Å². The number of carboxylic acid groups (broad SMARTS) is 2. The molecule has 6 aliphatic carbocycles. The van der Waals surface area contributed by atoms with Gasteiger partial charge in [0.2, 0.25) is 0 Å². The van der Waals surface area contributed by atoms with E-state index in [4.69, 9.17) is 19.8 Å². The van der Waals surface area contributed by atoms with Crippen LogP contribution in [0.15, 0.2) is 36.4 Å². The predicted octanol–water partition coefficient (Wildman–Crippen LogP) is 11.6. The molecule has 0 saturated heterocycles. The van der Waals surface area contributed by atoms with E-state index in [1.807, 2.05) is 36.4 Å². The van der Waals surface area contributed by atoms with Crippen LogP contribution >= 0.6 is 15.8 Å². The first-order valence-corrected chi connectivity index (χ1v) is 25.9. The Balaban J connectivity index is 0.000000390. The van der Waals surface area contributed by atoms with Crippen LogP contribution in [0.2, 0.25) is 0 Å². The average Bonchev–Trinajstić information content (AvgIpc) is 3.19. The Labute approximate surface area is 366 Å². The smallest absolute Gasteiger partial charge is 0.550 e. The van der Waals surface area contributed by atoms with Gasteiger partial charge < -0.3 is 19.8 Å². The van der Waals surface area contributed by atoms with Gasteiger partial charge in [0.15, 0.2) is 0 Å². The number of benzene rings is 1. The van der Waals surface area contributed by atoms with Crippen molar-refractivity contribution in [2.45, 2.75) is 240 Å². The van der Waals surface area contributed by atoms with Gasteiger partial charge in [0.05, 0.1) is 34.0 Å². The number of aliphatic carboxylic acids is 2. The van der Waals surface area contributed by atoms with Crippen molar-refractivity contribution in [1.82, 2.24) is 0 Å². The second kappa shape index (κ2) is 33.3. The van der Waals surface area contributed by atoms with Gasteiger partial charge in [-0.1, -0.05) is 74.9 Å². The van der Waals surface area contributed by atoms with Gasteiger partial charge in [0.25, 0.3) is 0 Å². The standard InChI is InChI=1S/2C18H33P.C6H6.2C2H4O2.2Au/c2*1-4-10-16(11-5-1)19(17-12-6-2-7-13-17)18-14-8-3-9-15-18;1-2-4-6-5-3-1;2*1-2(3)4;;/h2*16-18H,1-15H2;1-6H;2*1H3,(H,3,4);;/q;;;;;2*+1. The van der Waals surface area contributed by atoms with E-state index in [1.165, 1.54) is 34.0 Å². The van der Waals surface area contributed by atoms with E-state index in [1.54, 1.807) is 193 Å². The van der Waals surface area contributed by atoms with Crippen LogP contribution in [0.1, 0.15) is 206 Å². The van der Waals surface area contributed by atoms with E-state index in [0.29, 0.717) is 0 Å². The Morgan fingerprint density at radius 2 is 0.444 bits per heavy atom. The van der Waals surface area contributed by atoms with Gasteiger partial charge in [-0.3, -0.25) is 0 Å². The molecule has 0 aliphatic heterocycles. The van der Waals surface area contributed by atoms with Crippen molar-refractivity contribution in [2.75, 3.05) is 0 Å². The summed E-state index contributed by atoms with van der Waals surface area (Å²) in [5.41, 5.74) is 7.36. The maximum atomic E-state index is 8.89. The zero-order chi connectivity index (χ0) is 37.2. The molecule has 6 saturated carbocycles.